The van der Waals surface area contributed by atoms with Gasteiger partial charge in [-0.05, 0) is 23.8 Å². The summed E-state index contributed by atoms with van der Waals surface area (Å²) in [5.74, 6) is -0.744. The van der Waals surface area contributed by atoms with Gasteiger partial charge in [0.1, 0.15) is 0 Å². The molecule has 0 radical (unpaired) electrons. The number of carbonyl (C=O) groups is 1. The molecule has 0 aliphatic heterocycles. The lowest BCUT2D eigenvalue weighted by molar-refractivity contribution is -0.137. The van der Waals surface area contributed by atoms with Crippen LogP contribution >= 0.6 is 0 Å². The van der Waals surface area contributed by atoms with Gasteiger partial charge in [-0.1, -0.05) is 30.3 Å². The molecule has 3 aromatic rings. The van der Waals surface area contributed by atoms with E-state index in [1.807, 2.05) is 30.3 Å². The Kier molecular flexibility index (Phi) is 4.26. The van der Waals surface area contributed by atoms with Crippen molar-refractivity contribution in [2.45, 2.75) is 12.7 Å². The van der Waals surface area contributed by atoms with Crippen molar-refractivity contribution in [1.29, 1.82) is 0 Å². The number of nitrogens with two attached hydrogens (primary N) is 1. The third-order valence-corrected chi connectivity index (χ3v) is 3.53. The number of carbonyl (C=O) groups excluding carboxylic acids is 1. The Bertz CT molecular complexity index is 926. The van der Waals surface area contributed by atoms with E-state index in [-0.39, 0.29) is 29.1 Å². The molecule has 3 rings (SSSR count). The van der Waals surface area contributed by atoms with E-state index in [0.717, 1.165) is 17.7 Å². The zero-order valence-electron chi connectivity index (χ0n) is 12.8. The van der Waals surface area contributed by atoms with Crippen LogP contribution in [0.2, 0.25) is 0 Å². The topological polar surface area (TPSA) is 80.9 Å². The Morgan fingerprint density at radius 3 is 2.44 bits per heavy atom. The van der Waals surface area contributed by atoms with Crippen LogP contribution in [0.3, 0.4) is 0 Å². The molecule has 0 bridgehead atoms. The molecule has 8 heteroatoms. The van der Waals surface area contributed by atoms with E-state index in [2.05, 4.69) is 15.3 Å². The average Bonchev–Trinajstić information content (AvgIpc) is 2.58. The SMILES string of the molecule is Nc1nc2ccc(C(F)(F)F)cc2nc1C(=O)NCc1ccccc1. The lowest BCUT2D eigenvalue weighted by Crippen LogP contribution is -2.25. The van der Waals surface area contributed by atoms with Crippen LogP contribution in [0.4, 0.5) is 19.0 Å². The molecule has 0 aliphatic rings. The number of rotatable bonds is 3. The van der Waals surface area contributed by atoms with Crippen molar-refractivity contribution in [3.05, 3.63) is 65.4 Å². The average molecular weight is 346 g/mol. The van der Waals surface area contributed by atoms with Crippen LogP contribution in [0.25, 0.3) is 11.0 Å². The molecule has 5 nitrogen and oxygen atoms in total. The Morgan fingerprint density at radius 1 is 1.04 bits per heavy atom. The number of alkyl halides is 3. The van der Waals surface area contributed by atoms with E-state index >= 15 is 0 Å². The minimum atomic E-state index is -4.51. The van der Waals surface area contributed by atoms with Gasteiger partial charge in [0.25, 0.3) is 5.91 Å². The zero-order chi connectivity index (χ0) is 18.0. The predicted octanol–water partition coefficient (Wildman–Crippen LogP) is 3.16. The summed E-state index contributed by atoms with van der Waals surface area (Å²) in [7, 11) is 0. The molecule has 0 saturated carbocycles. The lowest BCUT2D eigenvalue weighted by Gasteiger charge is -2.10. The number of benzene rings is 2. The molecule has 25 heavy (non-hydrogen) atoms. The number of nitrogen functional groups attached to an aromatic ring is 1. The molecular formula is C17H13F3N4O. The number of fused-ring (bicyclic) bond motifs is 1. The maximum atomic E-state index is 12.8. The van der Waals surface area contributed by atoms with Crippen LogP contribution in [0, 0.1) is 0 Å². The van der Waals surface area contributed by atoms with Gasteiger partial charge in [-0.2, -0.15) is 13.2 Å². The van der Waals surface area contributed by atoms with Gasteiger partial charge >= 0.3 is 6.18 Å². The van der Waals surface area contributed by atoms with Crippen LogP contribution in [-0.2, 0) is 12.7 Å². The van der Waals surface area contributed by atoms with Crippen molar-refractivity contribution in [2.24, 2.45) is 0 Å². The van der Waals surface area contributed by atoms with Gasteiger partial charge in [-0.25, -0.2) is 9.97 Å². The second-order valence-corrected chi connectivity index (χ2v) is 5.33. The Balaban J connectivity index is 1.89. The Labute approximate surface area is 140 Å². The standard InChI is InChI=1S/C17H13F3N4O/c18-17(19,20)11-6-7-12-13(8-11)23-14(15(21)24-12)16(25)22-9-10-4-2-1-3-5-10/h1-8H,9H2,(H2,21,24)(H,22,25). The molecule has 1 aromatic heterocycles. The highest BCUT2D eigenvalue weighted by Crippen LogP contribution is 2.31. The van der Waals surface area contributed by atoms with Crippen molar-refractivity contribution in [1.82, 2.24) is 15.3 Å². The van der Waals surface area contributed by atoms with E-state index in [9.17, 15) is 18.0 Å². The fourth-order valence-corrected chi connectivity index (χ4v) is 2.27. The number of halogens is 3. The molecule has 1 heterocycles. The second-order valence-electron chi connectivity index (χ2n) is 5.33. The van der Waals surface area contributed by atoms with Gasteiger partial charge < -0.3 is 11.1 Å². The summed E-state index contributed by atoms with van der Waals surface area (Å²) in [5, 5.41) is 2.62. The molecule has 0 unspecified atom stereocenters. The maximum Gasteiger partial charge on any atom is 0.416 e. The summed E-state index contributed by atoms with van der Waals surface area (Å²) in [6.45, 7) is 0.238. The number of amides is 1. The third-order valence-electron chi connectivity index (χ3n) is 3.53. The zero-order valence-corrected chi connectivity index (χ0v) is 12.8. The number of hydrogen-bond acceptors (Lipinski definition) is 4. The van der Waals surface area contributed by atoms with Crippen molar-refractivity contribution < 1.29 is 18.0 Å². The van der Waals surface area contributed by atoms with Gasteiger partial charge in [-0.15, -0.1) is 0 Å². The van der Waals surface area contributed by atoms with E-state index in [0.29, 0.717) is 0 Å². The van der Waals surface area contributed by atoms with Gasteiger partial charge in [0.15, 0.2) is 11.5 Å². The minimum absolute atomic E-state index is 0.0473. The highest BCUT2D eigenvalue weighted by Gasteiger charge is 2.31. The van der Waals surface area contributed by atoms with Crippen LogP contribution < -0.4 is 11.1 Å². The molecule has 0 aliphatic carbocycles. The largest absolute Gasteiger partial charge is 0.416 e. The second kappa shape index (κ2) is 6.39. The highest BCUT2D eigenvalue weighted by molar-refractivity contribution is 5.98. The van der Waals surface area contributed by atoms with Gasteiger partial charge in [0, 0.05) is 6.54 Å². The number of anilines is 1. The van der Waals surface area contributed by atoms with E-state index < -0.39 is 17.6 Å². The first-order chi connectivity index (χ1) is 11.8. The molecule has 1 amide bonds. The van der Waals surface area contributed by atoms with E-state index in [1.165, 1.54) is 6.07 Å². The van der Waals surface area contributed by atoms with Crippen molar-refractivity contribution in [2.75, 3.05) is 5.73 Å². The first-order valence-corrected chi connectivity index (χ1v) is 7.31. The summed E-state index contributed by atoms with van der Waals surface area (Å²) in [6.07, 6.45) is -4.51. The number of aromatic nitrogens is 2. The molecular weight excluding hydrogens is 333 g/mol. The summed E-state index contributed by atoms with van der Waals surface area (Å²) in [6, 6.07) is 12.1. The number of nitrogens with one attached hydrogen (secondary N) is 1. The van der Waals surface area contributed by atoms with E-state index in [1.54, 1.807) is 0 Å². The third kappa shape index (κ3) is 3.68. The van der Waals surface area contributed by atoms with Gasteiger partial charge in [-0.3, -0.25) is 4.79 Å². The molecule has 3 N–H and O–H groups in total. The summed E-state index contributed by atoms with van der Waals surface area (Å²) < 4.78 is 38.4. The molecule has 2 aromatic carbocycles. The van der Waals surface area contributed by atoms with E-state index in [4.69, 9.17) is 5.73 Å². The Hall–Kier alpha value is -3.16. The molecule has 0 spiro atoms. The molecule has 0 saturated heterocycles. The predicted molar refractivity (Wildman–Crippen MR) is 86.6 cm³/mol. The quantitative estimate of drug-likeness (QED) is 0.763. The van der Waals surface area contributed by atoms with Crippen molar-refractivity contribution in [3.63, 3.8) is 0 Å². The summed E-state index contributed by atoms with van der Waals surface area (Å²) in [5.41, 5.74) is 5.65. The summed E-state index contributed by atoms with van der Waals surface area (Å²) >= 11 is 0. The van der Waals surface area contributed by atoms with Crippen molar-refractivity contribution in [3.8, 4) is 0 Å². The first-order valence-electron chi connectivity index (χ1n) is 7.31. The fraction of sp³-hybridized carbons (Fsp3) is 0.118. The van der Waals surface area contributed by atoms with Crippen LogP contribution in [-0.4, -0.2) is 15.9 Å². The van der Waals surface area contributed by atoms with Crippen LogP contribution in [0.1, 0.15) is 21.6 Å². The normalized spacial score (nSPS) is 11.5. The van der Waals surface area contributed by atoms with Crippen LogP contribution in [0.5, 0.6) is 0 Å². The van der Waals surface area contributed by atoms with Gasteiger partial charge in [0.2, 0.25) is 0 Å². The van der Waals surface area contributed by atoms with Crippen molar-refractivity contribution >= 4 is 22.8 Å². The monoisotopic (exact) mass is 346 g/mol. The van der Waals surface area contributed by atoms with Gasteiger partial charge in [0.05, 0.1) is 16.6 Å². The summed E-state index contributed by atoms with van der Waals surface area (Å²) in [4.78, 5) is 20.2. The molecule has 128 valence electrons. The number of nitrogens with zero attached hydrogens (tertiary/aromatic N) is 2. The maximum absolute atomic E-state index is 12.8. The van der Waals surface area contributed by atoms with Crippen LogP contribution in [0.15, 0.2) is 48.5 Å². The molecule has 0 atom stereocenters. The number of hydrogen-bond donors (Lipinski definition) is 2. The first kappa shape index (κ1) is 16.7. The minimum Gasteiger partial charge on any atom is -0.382 e. The lowest BCUT2D eigenvalue weighted by atomic mass is 10.2. The Morgan fingerprint density at radius 2 is 1.76 bits per heavy atom. The molecule has 0 fully saturated rings. The highest BCUT2D eigenvalue weighted by atomic mass is 19.4. The smallest absolute Gasteiger partial charge is 0.382 e. The fourth-order valence-electron chi connectivity index (χ4n) is 2.27.